The maximum atomic E-state index is 9.87. The number of aliphatic hydroxyl groups excluding tert-OH is 1. The molecule has 0 aliphatic heterocycles. The van der Waals surface area contributed by atoms with Crippen molar-refractivity contribution >= 4 is 41.3 Å². The van der Waals surface area contributed by atoms with Crippen molar-refractivity contribution in [3.8, 4) is 0 Å². The summed E-state index contributed by atoms with van der Waals surface area (Å²) in [5.74, 6) is 0.373. The molecule has 0 saturated heterocycles. The van der Waals surface area contributed by atoms with Gasteiger partial charge in [-0.05, 0) is 0 Å². The molecule has 2 unspecified atom stereocenters. The number of hydrogen-bond donors (Lipinski definition) is 1. The van der Waals surface area contributed by atoms with E-state index in [2.05, 4.69) is 26.7 Å². The third kappa shape index (κ3) is 9.03. The third-order valence-electron chi connectivity index (χ3n) is 1.68. The van der Waals surface area contributed by atoms with E-state index in [-0.39, 0.29) is 6.61 Å². The van der Waals surface area contributed by atoms with Crippen LogP contribution < -0.4 is 0 Å². The molecule has 0 saturated carbocycles. The van der Waals surface area contributed by atoms with Gasteiger partial charge < -0.3 is 0 Å². The second kappa shape index (κ2) is 9.28. The van der Waals surface area contributed by atoms with Gasteiger partial charge in [-0.15, -0.1) is 0 Å². The van der Waals surface area contributed by atoms with Crippen LogP contribution in [0.25, 0.3) is 0 Å². The first kappa shape index (κ1) is 13.7. The van der Waals surface area contributed by atoms with E-state index in [9.17, 15) is 4.70 Å². The van der Waals surface area contributed by atoms with Gasteiger partial charge in [0, 0.05) is 0 Å². The summed E-state index contributed by atoms with van der Waals surface area (Å²) >= 11 is 2.21. The monoisotopic (exact) mass is 312 g/mol. The molecule has 0 rings (SSSR count). The first-order valence-electron chi connectivity index (χ1n) is 4.04. The molecule has 0 amide bonds. The summed E-state index contributed by atoms with van der Waals surface area (Å²) in [6, 6.07) is 0. The molecule has 0 radical (unpaired) electrons. The van der Waals surface area contributed by atoms with Gasteiger partial charge in [0.05, 0.1) is 0 Å². The molecule has 0 bridgehead atoms. The van der Waals surface area contributed by atoms with Gasteiger partial charge in [-0.25, -0.2) is 0 Å². The van der Waals surface area contributed by atoms with Gasteiger partial charge in [0.15, 0.2) is 0 Å². The van der Waals surface area contributed by atoms with Gasteiger partial charge in [0.1, 0.15) is 0 Å². The normalized spacial score (nSPS) is 13.4. The van der Waals surface area contributed by atoms with Crippen LogP contribution in [-0.4, -0.2) is 38.8 Å². The average molecular weight is 312 g/mol. The van der Waals surface area contributed by atoms with Crippen LogP contribution in [0.15, 0.2) is 0 Å². The average Bonchev–Trinajstić information content (AvgIpc) is 2.04. The fourth-order valence-electron chi connectivity index (χ4n) is 1.04. The van der Waals surface area contributed by atoms with E-state index in [0.29, 0.717) is 19.9 Å². The van der Waals surface area contributed by atoms with Gasteiger partial charge in [-0.2, -0.15) is 0 Å². The second-order valence-electron chi connectivity index (χ2n) is 2.72. The molecule has 0 aromatic heterocycles. The van der Waals surface area contributed by atoms with Gasteiger partial charge in [0.25, 0.3) is 0 Å². The van der Waals surface area contributed by atoms with Crippen LogP contribution in [0.3, 0.4) is 0 Å². The fraction of sp³-hybridized carbons (Fsp3) is 1.00. The molecule has 0 fully saturated rings. The van der Waals surface area contributed by atoms with Crippen LogP contribution in [0.5, 0.6) is 0 Å². The quantitative estimate of drug-likeness (QED) is 0.333. The van der Waals surface area contributed by atoms with Crippen LogP contribution in [0.2, 0.25) is 0 Å². The number of hydrogen-bond acceptors (Lipinski definition) is 3. The summed E-state index contributed by atoms with van der Waals surface area (Å²) in [5, 5.41) is 8.76. The summed E-state index contributed by atoms with van der Waals surface area (Å²) in [6.07, 6.45) is 2.44. The topological polar surface area (TPSA) is 46.5 Å². The van der Waals surface area contributed by atoms with Crippen molar-refractivity contribution in [1.82, 2.24) is 0 Å². The molecule has 0 aromatic rings. The Hall–Kier alpha value is 0.720. The van der Waals surface area contributed by atoms with Crippen molar-refractivity contribution in [2.75, 3.05) is 19.4 Å². The van der Waals surface area contributed by atoms with Gasteiger partial charge in [0.2, 0.25) is 0 Å². The number of halogens is 1. The van der Waals surface area contributed by atoms with Crippen molar-refractivity contribution in [2.24, 2.45) is 5.92 Å². The van der Waals surface area contributed by atoms with E-state index in [1.54, 1.807) is 0 Å². The molecule has 0 spiro atoms. The molecular formula is C6H12B2IO3P. The zero-order chi connectivity index (χ0) is 10.1. The van der Waals surface area contributed by atoms with E-state index in [0.717, 1.165) is 19.0 Å². The van der Waals surface area contributed by atoms with E-state index in [1.165, 1.54) is 0 Å². The zero-order valence-electron chi connectivity index (χ0n) is 7.36. The molecule has 7 heteroatoms. The predicted molar refractivity (Wildman–Crippen MR) is 63.8 cm³/mol. The third-order valence-corrected chi connectivity index (χ3v) is 3.73. The van der Waals surface area contributed by atoms with Gasteiger partial charge >= 0.3 is 93.9 Å². The molecule has 0 aliphatic rings. The van der Waals surface area contributed by atoms with E-state index in [1.807, 2.05) is 0 Å². The second-order valence-corrected chi connectivity index (χ2v) is 7.60. The molecule has 2 atom stereocenters. The first-order chi connectivity index (χ1) is 6.20. The van der Waals surface area contributed by atoms with Crippen molar-refractivity contribution < 1.29 is 14.5 Å². The Balaban J connectivity index is 3.67. The standard InChI is InChI=1S/C6H12B2IO3P/c7-13(9)5-6(1-3-10)2-4-12-8-11/h6,10H,1-5H2. The van der Waals surface area contributed by atoms with Crippen LogP contribution in [0, 0.1) is 5.92 Å². The van der Waals surface area contributed by atoms with Crippen LogP contribution in [0.1, 0.15) is 12.8 Å². The molecule has 0 aliphatic carbocycles. The van der Waals surface area contributed by atoms with Crippen molar-refractivity contribution in [3.05, 3.63) is 0 Å². The summed E-state index contributed by atoms with van der Waals surface area (Å²) in [6.45, 7) is 0.597. The van der Waals surface area contributed by atoms with Gasteiger partial charge in [-0.3, -0.25) is 0 Å². The van der Waals surface area contributed by atoms with E-state index < -0.39 is 4.88 Å². The minimum atomic E-state index is -0.457. The number of aliphatic hydroxyl groups is 1. The predicted octanol–water partition coefficient (Wildman–Crippen LogP) is 1.27. The van der Waals surface area contributed by atoms with E-state index >= 15 is 0 Å². The SMILES string of the molecule is B#P(I)CC(CCO)CCOB=O. The zero-order valence-corrected chi connectivity index (χ0v) is 10.4. The molecule has 0 aromatic carbocycles. The molecule has 3 nitrogen and oxygen atoms in total. The van der Waals surface area contributed by atoms with Crippen molar-refractivity contribution in [1.29, 1.82) is 0 Å². The Morgan fingerprint density at radius 1 is 1.62 bits per heavy atom. The summed E-state index contributed by atoms with van der Waals surface area (Å²) in [5.41, 5.74) is 0. The summed E-state index contributed by atoms with van der Waals surface area (Å²) in [4.78, 5) is -0.457. The van der Waals surface area contributed by atoms with Crippen LogP contribution in [0.4, 0.5) is 0 Å². The molecule has 1 N–H and O–H groups in total. The Kier molecular flexibility index (Phi) is 9.80. The van der Waals surface area contributed by atoms with Crippen LogP contribution >= 0.6 is 26.9 Å². The summed E-state index contributed by atoms with van der Waals surface area (Å²) in [7, 11) is 6.14. The number of rotatable bonds is 7. The fourth-order valence-corrected chi connectivity index (χ4v) is 3.57. The summed E-state index contributed by atoms with van der Waals surface area (Å²) < 4.78 is 14.5. The Morgan fingerprint density at radius 3 is 2.77 bits per heavy atom. The maximum absolute atomic E-state index is 9.87. The van der Waals surface area contributed by atoms with Crippen molar-refractivity contribution in [2.45, 2.75) is 12.8 Å². The molecule has 13 heavy (non-hydrogen) atoms. The molecule has 0 heterocycles. The van der Waals surface area contributed by atoms with E-state index in [4.69, 9.17) is 12.1 Å². The van der Waals surface area contributed by atoms with Gasteiger partial charge in [-0.1, -0.05) is 0 Å². The van der Waals surface area contributed by atoms with Crippen LogP contribution in [-0.2, 0) is 9.36 Å². The molecular weight excluding hydrogens is 300 g/mol. The van der Waals surface area contributed by atoms with Crippen molar-refractivity contribution in [3.63, 3.8) is 0 Å². The Morgan fingerprint density at radius 2 is 2.31 bits per heavy atom. The Bertz CT molecular complexity index is 206. The molecule has 72 valence electrons. The first-order valence-corrected chi connectivity index (χ1v) is 8.43. The minimum absolute atomic E-state index is 0.172. The Labute approximate surface area is 93.8 Å².